The summed E-state index contributed by atoms with van der Waals surface area (Å²) in [5, 5.41) is 0. The zero-order valence-corrected chi connectivity index (χ0v) is 21.0. The number of benzene rings is 1. The molecule has 0 bridgehead atoms. The fourth-order valence-electron chi connectivity index (χ4n) is 5.31. The van der Waals surface area contributed by atoms with E-state index in [2.05, 4.69) is 4.90 Å². The molecule has 0 spiro atoms. The molecule has 3 fully saturated rings. The van der Waals surface area contributed by atoms with Gasteiger partial charge in [-0.3, -0.25) is 4.79 Å². The lowest BCUT2D eigenvalue weighted by Crippen LogP contribution is -2.40. The van der Waals surface area contributed by atoms with Crippen LogP contribution in [0.2, 0.25) is 0 Å². The van der Waals surface area contributed by atoms with E-state index in [4.69, 9.17) is 4.74 Å². The van der Waals surface area contributed by atoms with Crippen molar-refractivity contribution in [1.82, 2.24) is 9.21 Å². The summed E-state index contributed by atoms with van der Waals surface area (Å²) in [5.41, 5.74) is 0.890. The molecule has 1 aromatic carbocycles. The molecule has 2 aliphatic heterocycles. The van der Waals surface area contributed by atoms with E-state index in [0.717, 1.165) is 70.9 Å². The zero-order valence-electron chi connectivity index (χ0n) is 20.2. The molecule has 0 aromatic heterocycles. The van der Waals surface area contributed by atoms with Gasteiger partial charge in [0, 0.05) is 39.3 Å². The summed E-state index contributed by atoms with van der Waals surface area (Å²) >= 11 is 0. The third-order valence-electron chi connectivity index (χ3n) is 7.43. The van der Waals surface area contributed by atoms with Gasteiger partial charge in [-0.2, -0.15) is 4.31 Å². The Morgan fingerprint density at radius 3 is 2.24 bits per heavy atom. The van der Waals surface area contributed by atoms with E-state index < -0.39 is 16.0 Å². The second kappa shape index (κ2) is 11.1. The molecule has 34 heavy (non-hydrogen) atoms. The number of carbonyl (C=O) groups excluding carboxylic acids is 2. The maximum Gasteiger partial charge on any atom is 0.340 e. The van der Waals surface area contributed by atoms with Gasteiger partial charge >= 0.3 is 5.97 Å². The predicted molar refractivity (Wildman–Crippen MR) is 130 cm³/mol. The number of piperidine rings is 1. The molecule has 1 aliphatic carbocycles. The molecule has 3 aliphatic rings. The first kappa shape index (κ1) is 25.0. The third-order valence-corrected chi connectivity index (χ3v) is 9.32. The number of amides is 1. The Balaban J connectivity index is 1.52. The van der Waals surface area contributed by atoms with Gasteiger partial charge < -0.3 is 14.5 Å². The maximum absolute atomic E-state index is 13.2. The number of likely N-dealkylation sites (N-methyl/N-ethyl adjacent to an activating group) is 1. The van der Waals surface area contributed by atoms with Gasteiger partial charge in [0.1, 0.15) is 0 Å². The Hall–Kier alpha value is -2.13. The minimum absolute atomic E-state index is 0.106. The van der Waals surface area contributed by atoms with Crippen molar-refractivity contribution in [1.29, 1.82) is 0 Å². The molecular weight excluding hydrogens is 454 g/mol. The van der Waals surface area contributed by atoms with Crippen LogP contribution in [0.5, 0.6) is 0 Å². The monoisotopic (exact) mass is 491 g/mol. The van der Waals surface area contributed by atoms with Crippen molar-refractivity contribution < 1.29 is 22.7 Å². The quantitative estimate of drug-likeness (QED) is 0.543. The second-order valence-corrected chi connectivity index (χ2v) is 11.6. The highest BCUT2D eigenvalue weighted by molar-refractivity contribution is 7.89. The first-order chi connectivity index (χ1) is 16.4. The molecule has 0 unspecified atom stereocenters. The number of hydrogen-bond acceptors (Lipinski definition) is 6. The molecule has 1 amide bonds. The lowest BCUT2D eigenvalue weighted by Gasteiger charge is -2.31. The summed E-state index contributed by atoms with van der Waals surface area (Å²) in [7, 11) is -1.91. The lowest BCUT2D eigenvalue weighted by atomic mass is 9.94. The van der Waals surface area contributed by atoms with E-state index in [1.165, 1.54) is 16.8 Å². The van der Waals surface area contributed by atoms with E-state index in [9.17, 15) is 18.0 Å². The standard InChI is InChI=1S/C25H37N3O5S/c1-26(20-10-4-2-5-11-20)24(29)19-33-25(30)22-18-21(12-13-23(22)27-14-8-9-15-27)34(31,32)28-16-6-3-7-17-28/h12-13,18,20H,2-11,14-17,19H2,1H3. The fourth-order valence-corrected chi connectivity index (χ4v) is 6.85. The van der Waals surface area contributed by atoms with Crippen LogP contribution in [0.25, 0.3) is 0 Å². The van der Waals surface area contributed by atoms with Crippen LogP contribution >= 0.6 is 0 Å². The molecule has 188 valence electrons. The first-order valence-electron chi connectivity index (χ1n) is 12.7. The number of carbonyl (C=O) groups is 2. The average Bonchev–Trinajstić information content (AvgIpc) is 3.42. The number of ether oxygens (including phenoxy) is 1. The summed E-state index contributed by atoms with van der Waals surface area (Å²) in [6.45, 7) is 2.27. The third kappa shape index (κ3) is 5.57. The van der Waals surface area contributed by atoms with Crippen molar-refractivity contribution >= 4 is 27.6 Å². The topological polar surface area (TPSA) is 87.2 Å². The van der Waals surface area contributed by atoms with E-state index in [-0.39, 0.29) is 29.0 Å². The van der Waals surface area contributed by atoms with Crippen molar-refractivity contribution in [3.63, 3.8) is 0 Å². The molecule has 0 atom stereocenters. The van der Waals surface area contributed by atoms with Crippen molar-refractivity contribution in [3.8, 4) is 0 Å². The zero-order chi connectivity index (χ0) is 24.1. The highest BCUT2D eigenvalue weighted by Crippen LogP contribution is 2.30. The molecule has 2 heterocycles. The predicted octanol–water partition coefficient (Wildman–Crippen LogP) is 3.41. The number of nitrogens with zero attached hydrogens (tertiary/aromatic N) is 3. The molecule has 0 N–H and O–H groups in total. The van der Waals surface area contributed by atoms with Gasteiger partial charge in [0.2, 0.25) is 10.0 Å². The van der Waals surface area contributed by atoms with Crippen LogP contribution in [0.4, 0.5) is 5.69 Å². The van der Waals surface area contributed by atoms with E-state index >= 15 is 0 Å². The number of hydrogen-bond donors (Lipinski definition) is 0. The Bertz CT molecular complexity index is 978. The minimum Gasteiger partial charge on any atom is -0.452 e. The largest absolute Gasteiger partial charge is 0.452 e. The Labute approximate surface area is 203 Å². The average molecular weight is 492 g/mol. The SMILES string of the molecule is CN(C(=O)COC(=O)c1cc(S(=O)(=O)N2CCCCC2)ccc1N1CCCC1)C1CCCCC1. The molecule has 1 aromatic rings. The summed E-state index contributed by atoms with van der Waals surface area (Å²) in [5.74, 6) is -0.872. The van der Waals surface area contributed by atoms with Gasteiger partial charge in [-0.1, -0.05) is 25.7 Å². The van der Waals surface area contributed by atoms with Gasteiger partial charge in [-0.05, 0) is 56.7 Å². The smallest absolute Gasteiger partial charge is 0.340 e. The highest BCUT2D eigenvalue weighted by atomic mass is 32.2. The molecule has 4 rings (SSSR count). The highest BCUT2D eigenvalue weighted by Gasteiger charge is 2.30. The van der Waals surface area contributed by atoms with Crippen LogP contribution < -0.4 is 4.90 Å². The van der Waals surface area contributed by atoms with Crippen molar-refractivity contribution in [3.05, 3.63) is 23.8 Å². The van der Waals surface area contributed by atoms with E-state index in [0.29, 0.717) is 18.8 Å². The molecule has 0 radical (unpaired) electrons. The van der Waals surface area contributed by atoms with E-state index in [1.807, 2.05) is 0 Å². The Kier molecular flexibility index (Phi) is 8.14. The summed E-state index contributed by atoms with van der Waals surface area (Å²) in [6.07, 6.45) is 10.1. The van der Waals surface area contributed by atoms with E-state index in [1.54, 1.807) is 24.1 Å². The number of esters is 1. The van der Waals surface area contributed by atoms with Gasteiger partial charge in [-0.15, -0.1) is 0 Å². The van der Waals surface area contributed by atoms with Crippen LogP contribution in [0, 0.1) is 0 Å². The molecular formula is C25H37N3O5S. The van der Waals surface area contributed by atoms with Crippen molar-refractivity contribution in [2.24, 2.45) is 0 Å². The van der Waals surface area contributed by atoms with Crippen LogP contribution in [0.1, 0.15) is 74.6 Å². The number of rotatable bonds is 7. The Morgan fingerprint density at radius 1 is 0.941 bits per heavy atom. The first-order valence-corrected chi connectivity index (χ1v) is 14.1. The van der Waals surface area contributed by atoms with Crippen LogP contribution in [0.3, 0.4) is 0 Å². The second-order valence-electron chi connectivity index (χ2n) is 9.71. The maximum atomic E-state index is 13.2. The number of anilines is 1. The van der Waals surface area contributed by atoms with Crippen LogP contribution in [0.15, 0.2) is 23.1 Å². The summed E-state index contributed by atoms with van der Waals surface area (Å²) < 4.78 is 33.4. The molecule has 9 heteroatoms. The Morgan fingerprint density at radius 2 is 1.56 bits per heavy atom. The normalized spacial score (nSPS) is 20.3. The lowest BCUT2D eigenvalue weighted by molar-refractivity contribution is -0.135. The van der Waals surface area contributed by atoms with Crippen molar-refractivity contribution in [2.45, 2.75) is 75.1 Å². The molecule has 2 saturated heterocycles. The van der Waals surface area contributed by atoms with Crippen LogP contribution in [-0.4, -0.2) is 75.4 Å². The summed E-state index contributed by atoms with van der Waals surface area (Å²) in [4.78, 5) is 29.7. The van der Waals surface area contributed by atoms with Crippen LogP contribution in [-0.2, 0) is 19.6 Å². The molecule has 1 saturated carbocycles. The van der Waals surface area contributed by atoms with Gasteiger partial charge in [0.15, 0.2) is 6.61 Å². The van der Waals surface area contributed by atoms with Gasteiger partial charge in [0.25, 0.3) is 5.91 Å². The minimum atomic E-state index is -3.69. The number of sulfonamides is 1. The van der Waals surface area contributed by atoms with Gasteiger partial charge in [-0.25, -0.2) is 13.2 Å². The molecule has 8 nitrogen and oxygen atoms in total. The van der Waals surface area contributed by atoms with Crippen molar-refractivity contribution in [2.75, 3.05) is 44.7 Å². The fraction of sp³-hybridized carbons (Fsp3) is 0.680. The summed E-state index contributed by atoms with van der Waals surface area (Å²) in [6, 6.07) is 4.94. The van der Waals surface area contributed by atoms with Gasteiger partial charge in [0.05, 0.1) is 16.1 Å².